The van der Waals surface area contributed by atoms with Gasteiger partial charge in [0, 0.05) is 10.3 Å². The molecule has 1 aliphatic rings. The lowest BCUT2D eigenvalue weighted by Gasteiger charge is -2.00. The number of nitrogens with one attached hydrogen (secondary N) is 1. The van der Waals surface area contributed by atoms with Gasteiger partial charge >= 0.3 is 0 Å². The van der Waals surface area contributed by atoms with Crippen LogP contribution in [0.1, 0.15) is 30.6 Å². The van der Waals surface area contributed by atoms with Gasteiger partial charge in [-0.2, -0.15) is 0 Å². The standard InChI is InChI=1S/C11H16ClNS/c1-2-3-13-6-8-4-10(8)11-5-9(12)7-14-11/h5,7-8,10,13H,2-4,6H2,1H3. The second-order valence-electron chi connectivity index (χ2n) is 3.97. The molecule has 1 N–H and O–H groups in total. The molecule has 2 rings (SSSR count). The molecular weight excluding hydrogens is 214 g/mol. The monoisotopic (exact) mass is 229 g/mol. The van der Waals surface area contributed by atoms with E-state index in [4.69, 9.17) is 11.6 Å². The summed E-state index contributed by atoms with van der Waals surface area (Å²) in [5.41, 5.74) is 0. The molecule has 1 nitrogen and oxygen atoms in total. The van der Waals surface area contributed by atoms with Crippen molar-refractivity contribution in [2.45, 2.75) is 25.7 Å². The van der Waals surface area contributed by atoms with Crippen LogP contribution < -0.4 is 5.32 Å². The summed E-state index contributed by atoms with van der Waals surface area (Å²) >= 11 is 7.70. The van der Waals surface area contributed by atoms with Crippen molar-refractivity contribution < 1.29 is 0 Å². The lowest BCUT2D eigenvalue weighted by atomic mass is 10.2. The summed E-state index contributed by atoms with van der Waals surface area (Å²) in [4.78, 5) is 1.47. The zero-order valence-corrected chi connectivity index (χ0v) is 10.00. The molecule has 14 heavy (non-hydrogen) atoms. The molecule has 0 radical (unpaired) electrons. The van der Waals surface area contributed by atoms with Gasteiger partial charge in [-0.1, -0.05) is 18.5 Å². The van der Waals surface area contributed by atoms with E-state index in [2.05, 4.69) is 18.3 Å². The Morgan fingerprint density at radius 2 is 2.50 bits per heavy atom. The van der Waals surface area contributed by atoms with Gasteiger partial charge in [0.1, 0.15) is 0 Å². The van der Waals surface area contributed by atoms with E-state index < -0.39 is 0 Å². The molecule has 1 heterocycles. The van der Waals surface area contributed by atoms with E-state index in [-0.39, 0.29) is 0 Å². The summed E-state index contributed by atoms with van der Waals surface area (Å²) in [5, 5.41) is 6.41. The molecule has 3 heteroatoms. The van der Waals surface area contributed by atoms with Crippen LogP contribution in [0.25, 0.3) is 0 Å². The number of hydrogen-bond acceptors (Lipinski definition) is 2. The maximum Gasteiger partial charge on any atom is 0.0515 e. The minimum atomic E-state index is 0.789. The molecule has 1 saturated carbocycles. The van der Waals surface area contributed by atoms with Crippen molar-refractivity contribution in [1.82, 2.24) is 5.32 Å². The molecule has 1 aromatic rings. The molecule has 0 amide bonds. The Kier molecular flexibility index (Phi) is 3.47. The third-order valence-electron chi connectivity index (χ3n) is 2.71. The first-order valence-electron chi connectivity index (χ1n) is 5.26. The minimum Gasteiger partial charge on any atom is -0.316 e. The van der Waals surface area contributed by atoms with Gasteiger partial charge in [0.25, 0.3) is 0 Å². The molecule has 0 aromatic carbocycles. The number of thiophene rings is 1. The Labute approximate surface area is 94.5 Å². The second kappa shape index (κ2) is 4.65. The fourth-order valence-electron chi connectivity index (χ4n) is 1.81. The van der Waals surface area contributed by atoms with E-state index in [1.807, 2.05) is 5.38 Å². The minimum absolute atomic E-state index is 0.789. The lowest BCUT2D eigenvalue weighted by Crippen LogP contribution is -2.17. The molecule has 1 aromatic heterocycles. The molecule has 1 aliphatic carbocycles. The molecule has 0 spiro atoms. The fraction of sp³-hybridized carbons (Fsp3) is 0.636. The first kappa shape index (κ1) is 10.5. The van der Waals surface area contributed by atoms with E-state index in [0.29, 0.717) is 0 Å². The van der Waals surface area contributed by atoms with E-state index in [0.717, 1.165) is 23.4 Å². The van der Waals surface area contributed by atoms with Crippen molar-refractivity contribution >= 4 is 22.9 Å². The van der Waals surface area contributed by atoms with Crippen molar-refractivity contribution in [3.63, 3.8) is 0 Å². The molecule has 2 unspecified atom stereocenters. The van der Waals surface area contributed by atoms with E-state index >= 15 is 0 Å². The molecule has 78 valence electrons. The summed E-state index contributed by atoms with van der Waals surface area (Å²) in [6, 6.07) is 2.12. The van der Waals surface area contributed by atoms with E-state index in [9.17, 15) is 0 Å². The van der Waals surface area contributed by atoms with Crippen LogP contribution >= 0.6 is 22.9 Å². The predicted molar refractivity (Wildman–Crippen MR) is 63.3 cm³/mol. The Hall–Kier alpha value is -0.0500. The zero-order valence-electron chi connectivity index (χ0n) is 8.42. The van der Waals surface area contributed by atoms with Crippen molar-refractivity contribution in [2.75, 3.05) is 13.1 Å². The van der Waals surface area contributed by atoms with Crippen LogP contribution in [0.2, 0.25) is 5.02 Å². The highest BCUT2D eigenvalue weighted by atomic mass is 35.5. The molecule has 0 saturated heterocycles. The van der Waals surface area contributed by atoms with Crippen LogP contribution in [-0.2, 0) is 0 Å². The first-order chi connectivity index (χ1) is 6.81. The van der Waals surface area contributed by atoms with Crippen LogP contribution in [0.5, 0.6) is 0 Å². The number of rotatable bonds is 5. The zero-order chi connectivity index (χ0) is 9.97. The average Bonchev–Trinajstić information content (AvgIpc) is 2.81. The summed E-state index contributed by atoms with van der Waals surface area (Å²) in [7, 11) is 0. The van der Waals surface area contributed by atoms with Gasteiger partial charge in [0.05, 0.1) is 5.02 Å². The highest BCUT2D eigenvalue weighted by Gasteiger charge is 2.38. The normalized spacial score (nSPS) is 25.3. The molecule has 2 atom stereocenters. The maximum atomic E-state index is 5.90. The summed E-state index contributed by atoms with van der Waals surface area (Å²) in [6.45, 7) is 4.53. The molecule has 1 fully saturated rings. The Morgan fingerprint density at radius 3 is 3.14 bits per heavy atom. The number of halogens is 1. The van der Waals surface area contributed by atoms with Gasteiger partial charge in [0.2, 0.25) is 0 Å². The lowest BCUT2D eigenvalue weighted by molar-refractivity contribution is 0.621. The second-order valence-corrected chi connectivity index (χ2v) is 5.35. The van der Waals surface area contributed by atoms with E-state index in [1.165, 1.54) is 24.3 Å². The van der Waals surface area contributed by atoms with Crippen LogP contribution in [0.4, 0.5) is 0 Å². The molecule has 0 aliphatic heterocycles. The molecular formula is C11H16ClNS. The topological polar surface area (TPSA) is 12.0 Å². The van der Waals surface area contributed by atoms with Crippen LogP contribution in [0.15, 0.2) is 11.4 Å². The summed E-state index contributed by atoms with van der Waals surface area (Å²) < 4.78 is 0. The average molecular weight is 230 g/mol. The van der Waals surface area contributed by atoms with E-state index in [1.54, 1.807) is 11.3 Å². The van der Waals surface area contributed by atoms with Crippen molar-refractivity contribution in [2.24, 2.45) is 5.92 Å². The van der Waals surface area contributed by atoms with Gasteiger partial charge in [-0.3, -0.25) is 0 Å². The van der Waals surface area contributed by atoms with Crippen molar-refractivity contribution in [3.8, 4) is 0 Å². The quantitative estimate of drug-likeness (QED) is 0.763. The SMILES string of the molecule is CCCNCC1CC1c1cc(Cl)cs1. The highest BCUT2D eigenvalue weighted by molar-refractivity contribution is 7.10. The number of hydrogen-bond donors (Lipinski definition) is 1. The van der Waals surface area contributed by atoms with Gasteiger partial charge in [-0.05, 0) is 43.8 Å². The van der Waals surface area contributed by atoms with Gasteiger partial charge in [-0.25, -0.2) is 0 Å². The summed E-state index contributed by atoms with van der Waals surface area (Å²) in [6.07, 6.45) is 2.57. The largest absolute Gasteiger partial charge is 0.316 e. The third kappa shape index (κ3) is 2.50. The Bertz CT molecular complexity index is 297. The van der Waals surface area contributed by atoms with Crippen LogP contribution in [0, 0.1) is 5.92 Å². The smallest absolute Gasteiger partial charge is 0.0515 e. The van der Waals surface area contributed by atoms with Crippen LogP contribution in [0.3, 0.4) is 0 Å². The van der Waals surface area contributed by atoms with Crippen molar-refractivity contribution in [1.29, 1.82) is 0 Å². The summed E-state index contributed by atoms with van der Waals surface area (Å²) in [5.74, 6) is 1.65. The fourth-order valence-corrected chi connectivity index (χ4v) is 3.10. The highest BCUT2D eigenvalue weighted by Crippen LogP contribution is 2.49. The first-order valence-corrected chi connectivity index (χ1v) is 6.51. The van der Waals surface area contributed by atoms with Gasteiger partial charge in [-0.15, -0.1) is 11.3 Å². The van der Waals surface area contributed by atoms with Gasteiger partial charge < -0.3 is 5.32 Å². The van der Waals surface area contributed by atoms with Crippen molar-refractivity contribution in [3.05, 3.63) is 21.3 Å². The van der Waals surface area contributed by atoms with Gasteiger partial charge in [0.15, 0.2) is 0 Å². The molecule has 0 bridgehead atoms. The third-order valence-corrected chi connectivity index (χ3v) is 4.12. The predicted octanol–water partition coefficient (Wildman–Crippen LogP) is 3.50. The Morgan fingerprint density at radius 1 is 1.64 bits per heavy atom. The Balaban J connectivity index is 1.76. The van der Waals surface area contributed by atoms with Crippen LogP contribution in [-0.4, -0.2) is 13.1 Å². The maximum absolute atomic E-state index is 5.90.